The third kappa shape index (κ3) is 6.89. The van der Waals surface area contributed by atoms with Crippen LogP contribution >= 0.6 is 11.3 Å². The molecule has 1 aliphatic carbocycles. The normalized spacial score (nSPS) is 12.5. The minimum Gasteiger partial charge on any atom is -0.462 e. The summed E-state index contributed by atoms with van der Waals surface area (Å²) in [7, 11) is 0. The van der Waals surface area contributed by atoms with Gasteiger partial charge in [0.1, 0.15) is 5.00 Å². The van der Waals surface area contributed by atoms with Crippen molar-refractivity contribution < 1.29 is 14.3 Å². The summed E-state index contributed by atoms with van der Waals surface area (Å²) in [6.07, 6.45) is 5.96. The van der Waals surface area contributed by atoms with Crippen molar-refractivity contribution in [1.82, 2.24) is 9.88 Å². The fourth-order valence-corrected chi connectivity index (χ4v) is 7.67. The fourth-order valence-electron chi connectivity index (χ4n) is 6.44. The molecule has 4 aromatic carbocycles. The van der Waals surface area contributed by atoms with Crippen LogP contribution in [0.1, 0.15) is 62.0 Å². The molecule has 7 heteroatoms. The van der Waals surface area contributed by atoms with Crippen LogP contribution in [0.5, 0.6) is 0 Å². The summed E-state index contributed by atoms with van der Waals surface area (Å²) in [5, 5.41) is 3.90. The summed E-state index contributed by atoms with van der Waals surface area (Å²) in [5.74, 6) is -0.425. The Morgan fingerprint density at radius 1 is 0.837 bits per heavy atom. The number of aromatic nitrogens is 1. The smallest absolute Gasteiger partial charge is 0.338 e. The molecule has 0 saturated carbocycles. The lowest BCUT2D eigenvalue weighted by molar-refractivity contribution is 0.0526. The summed E-state index contributed by atoms with van der Waals surface area (Å²) in [6, 6.07) is 40.2. The van der Waals surface area contributed by atoms with Crippen molar-refractivity contribution >= 4 is 34.4 Å². The van der Waals surface area contributed by atoms with Gasteiger partial charge in [0.05, 0.1) is 29.1 Å². The molecule has 0 atom stereocenters. The van der Waals surface area contributed by atoms with Crippen LogP contribution in [0.25, 0.3) is 28.2 Å². The van der Waals surface area contributed by atoms with E-state index in [0.29, 0.717) is 24.3 Å². The van der Waals surface area contributed by atoms with Crippen molar-refractivity contribution in [2.24, 2.45) is 4.99 Å². The number of aliphatic imine (C=N–C) groups is 1. The number of nitrogens with zero attached hydrogens (tertiary/aromatic N) is 2. The van der Waals surface area contributed by atoms with Crippen molar-refractivity contribution in [3.8, 4) is 28.2 Å². The Balaban J connectivity index is 1.34. The topological polar surface area (TPSA) is 72.7 Å². The predicted molar refractivity (Wildman–Crippen MR) is 198 cm³/mol. The third-order valence-electron chi connectivity index (χ3n) is 8.78. The minimum atomic E-state index is -0.344. The zero-order chi connectivity index (χ0) is 33.6. The van der Waals surface area contributed by atoms with Crippen LogP contribution in [0.4, 0.5) is 5.00 Å². The van der Waals surface area contributed by atoms with Crippen molar-refractivity contribution in [2.75, 3.05) is 6.61 Å². The number of aryl methyl sites for hydroxylation is 1. The molecule has 6 aromatic rings. The number of hydrogen-bond donors (Lipinski definition) is 1. The average Bonchev–Trinajstić information content (AvgIpc) is 3.73. The third-order valence-corrected chi connectivity index (χ3v) is 9.98. The molecular weight excluding hydrogens is 627 g/mol. The summed E-state index contributed by atoms with van der Waals surface area (Å²) >= 11 is 1.64. The minimum absolute atomic E-state index is 0.0806. The van der Waals surface area contributed by atoms with Gasteiger partial charge in [0.25, 0.3) is 5.91 Å². The van der Waals surface area contributed by atoms with Crippen molar-refractivity contribution in [3.63, 3.8) is 0 Å². The van der Waals surface area contributed by atoms with E-state index in [1.807, 2.05) is 85.1 Å². The highest BCUT2D eigenvalue weighted by Crippen LogP contribution is 2.41. The number of esters is 1. The number of amides is 1. The van der Waals surface area contributed by atoms with E-state index < -0.39 is 0 Å². The first-order valence-corrected chi connectivity index (χ1v) is 17.6. The maximum Gasteiger partial charge on any atom is 0.338 e. The number of benzene rings is 4. The first-order valence-electron chi connectivity index (χ1n) is 16.8. The van der Waals surface area contributed by atoms with Crippen LogP contribution in [0, 0.1) is 0 Å². The molecule has 2 heterocycles. The molecule has 1 aliphatic rings. The molecule has 0 bridgehead atoms. The second kappa shape index (κ2) is 14.7. The Hall–Kier alpha value is -5.53. The molecule has 1 N–H and O–H groups in total. The molecule has 6 nitrogen and oxygen atoms in total. The molecule has 0 saturated heterocycles. The van der Waals surface area contributed by atoms with Crippen LogP contribution in [0.2, 0.25) is 0 Å². The van der Waals surface area contributed by atoms with E-state index in [2.05, 4.69) is 40.2 Å². The molecule has 0 aliphatic heterocycles. The highest BCUT2D eigenvalue weighted by Gasteiger charge is 2.26. The molecule has 0 radical (unpaired) electrons. The van der Waals surface area contributed by atoms with Crippen molar-refractivity contribution in [1.29, 1.82) is 0 Å². The zero-order valence-electron chi connectivity index (χ0n) is 27.4. The van der Waals surface area contributed by atoms with E-state index >= 15 is 0 Å². The van der Waals surface area contributed by atoms with E-state index in [-0.39, 0.29) is 11.9 Å². The van der Waals surface area contributed by atoms with Crippen LogP contribution in [0.15, 0.2) is 126 Å². The van der Waals surface area contributed by atoms with Gasteiger partial charge in [-0.25, -0.2) is 9.79 Å². The van der Waals surface area contributed by atoms with Gasteiger partial charge in [0.2, 0.25) is 0 Å². The van der Waals surface area contributed by atoms with Gasteiger partial charge < -0.3 is 14.6 Å². The molecule has 7 rings (SSSR count). The van der Waals surface area contributed by atoms with Gasteiger partial charge in [-0.1, -0.05) is 91.0 Å². The van der Waals surface area contributed by atoms with E-state index in [1.54, 1.807) is 30.4 Å². The van der Waals surface area contributed by atoms with Crippen molar-refractivity contribution in [2.45, 2.75) is 39.2 Å². The van der Waals surface area contributed by atoms with E-state index in [1.165, 1.54) is 4.88 Å². The second-order valence-corrected chi connectivity index (χ2v) is 13.1. The van der Waals surface area contributed by atoms with Crippen LogP contribution < -0.4 is 5.32 Å². The molecule has 244 valence electrons. The monoisotopic (exact) mass is 663 g/mol. The standard InChI is InChI=1S/C42H37N3O3S/c1-2-48-42(47)32-22-24-34(25-23-32)45-36(30-16-8-4-9-17-30)26-33(39(45)31-18-10-5-11-19-31)28-44-41-38(35-20-12-13-21-37(35)49-41)40(46)43-27-29-14-6-3-7-15-29/h3-11,14-19,22-26,28H,2,12-13,20-21,27H2,1H3,(H,43,46). The quantitative estimate of drug-likeness (QED) is 0.117. The molecule has 2 aromatic heterocycles. The summed E-state index contributed by atoms with van der Waals surface area (Å²) in [5.41, 5.74) is 9.23. The Kier molecular flexibility index (Phi) is 9.62. The number of fused-ring (bicyclic) bond motifs is 1. The van der Waals surface area contributed by atoms with Gasteiger partial charge in [0.15, 0.2) is 0 Å². The van der Waals surface area contributed by atoms with E-state index in [9.17, 15) is 9.59 Å². The average molecular weight is 664 g/mol. The number of rotatable bonds is 10. The summed E-state index contributed by atoms with van der Waals surface area (Å²) < 4.78 is 7.46. The summed E-state index contributed by atoms with van der Waals surface area (Å²) in [4.78, 5) is 32.6. The lowest BCUT2D eigenvalue weighted by atomic mass is 9.95. The first-order chi connectivity index (χ1) is 24.1. The van der Waals surface area contributed by atoms with Gasteiger partial charge in [0, 0.05) is 28.9 Å². The number of thiophene rings is 1. The Labute approximate surface area is 290 Å². The molecule has 0 unspecified atom stereocenters. The predicted octanol–water partition coefficient (Wildman–Crippen LogP) is 9.61. The van der Waals surface area contributed by atoms with Gasteiger partial charge >= 0.3 is 5.97 Å². The van der Waals surface area contributed by atoms with Gasteiger partial charge in [-0.05, 0) is 85.2 Å². The highest BCUT2D eigenvalue weighted by molar-refractivity contribution is 7.16. The zero-order valence-corrected chi connectivity index (χ0v) is 28.2. The fraction of sp³-hybridized carbons (Fsp3) is 0.167. The Morgan fingerprint density at radius 3 is 2.18 bits per heavy atom. The van der Waals surface area contributed by atoms with Crippen LogP contribution in [-0.4, -0.2) is 29.3 Å². The maximum atomic E-state index is 13.8. The largest absolute Gasteiger partial charge is 0.462 e. The van der Waals surface area contributed by atoms with Gasteiger partial charge in [-0.2, -0.15) is 0 Å². The highest BCUT2D eigenvalue weighted by atomic mass is 32.1. The number of hydrogen-bond acceptors (Lipinski definition) is 5. The summed E-state index contributed by atoms with van der Waals surface area (Å²) in [6.45, 7) is 2.59. The number of nitrogens with one attached hydrogen (secondary N) is 1. The lowest BCUT2D eigenvalue weighted by Gasteiger charge is -2.15. The van der Waals surface area contributed by atoms with Gasteiger partial charge in [-0.3, -0.25) is 4.79 Å². The van der Waals surface area contributed by atoms with Crippen molar-refractivity contribution in [3.05, 3.63) is 154 Å². The molecular formula is C42H37N3O3S. The molecule has 1 amide bonds. The first kappa shape index (κ1) is 32.0. The lowest BCUT2D eigenvalue weighted by Crippen LogP contribution is -2.24. The van der Waals surface area contributed by atoms with E-state index in [0.717, 1.165) is 75.6 Å². The SMILES string of the molecule is CCOC(=O)c1ccc(-n2c(-c3ccccc3)cc(C=Nc3sc4c(c3C(=O)NCc3ccccc3)CCCC4)c2-c2ccccc2)cc1. The van der Waals surface area contributed by atoms with Gasteiger partial charge in [-0.15, -0.1) is 11.3 Å². The molecule has 49 heavy (non-hydrogen) atoms. The Morgan fingerprint density at radius 2 is 1.49 bits per heavy atom. The number of carbonyl (C=O) groups is 2. The van der Waals surface area contributed by atoms with Crippen LogP contribution in [0.3, 0.4) is 0 Å². The second-order valence-electron chi connectivity index (χ2n) is 12.0. The molecule has 0 fully saturated rings. The number of ether oxygens (including phenoxy) is 1. The van der Waals surface area contributed by atoms with E-state index in [4.69, 9.17) is 9.73 Å². The van der Waals surface area contributed by atoms with Crippen LogP contribution in [-0.2, 0) is 24.1 Å². The molecule has 0 spiro atoms. The maximum absolute atomic E-state index is 13.8. The Bertz CT molecular complexity index is 2100. The number of carbonyl (C=O) groups excluding carboxylic acids is 2.